The third kappa shape index (κ3) is 47.3. The summed E-state index contributed by atoms with van der Waals surface area (Å²) < 4.78 is 0. The maximum absolute atomic E-state index is 12.4. The summed E-state index contributed by atoms with van der Waals surface area (Å²) in [6.45, 7) is 7.60. The van der Waals surface area contributed by atoms with Gasteiger partial charge in [-0.1, -0.05) is 258 Å². The molecular weight excluding hydrogens is 691 g/mol. The largest absolute Gasteiger partial charge is 0.481 e. The highest BCUT2D eigenvalue weighted by Gasteiger charge is 2.27. The minimum absolute atomic E-state index is 0.211. The van der Waals surface area contributed by atoms with Gasteiger partial charge in [-0.3, -0.25) is 9.59 Å². The molecular formula is C51H103NO4. The van der Waals surface area contributed by atoms with E-state index < -0.39 is 11.9 Å². The highest BCUT2D eigenvalue weighted by atomic mass is 16.4. The molecule has 56 heavy (non-hydrogen) atoms. The van der Waals surface area contributed by atoms with Crippen LogP contribution in [0.15, 0.2) is 0 Å². The number of aliphatic carboxylic acids is 2. The maximum Gasteiger partial charge on any atom is 0.306 e. The Morgan fingerprint density at radius 1 is 0.357 bits per heavy atom. The average molecular weight is 794 g/mol. The van der Waals surface area contributed by atoms with Gasteiger partial charge in [0.2, 0.25) is 0 Å². The molecule has 0 bridgehead atoms. The summed E-state index contributed by atoms with van der Waals surface area (Å²) in [5.74, 6) is -1.23. The molecule has 0 amide bonds. The number of unbranched alkanes of at least 4 members (excludes halogenated alkanes) is 35. The van der Waals surface area contributed by atoms with E-state index in [9.17, 15) is 14.7 Å². The van der Waals surface area contributed by atoms with Gasteiger partial charge in [0.15, 0.2) is 0 Å². The van der Waals surface area contributed by atoms with Crippen LogP contribution in [0.5, 0.6) is 0 Å². The summed E-state index contributed by atoms with van der Waals surface area (Å²) in [5.41, 5.74) is 5.21. The molecule has 0 spiro atoms. The van der Waals surface area contributed by atoms with Gasteiger partial charge in [-0.2, -0.15) is 0 Å². The van der Waals surface area contributed by atoms with Crippen LogP contribution in [0.25, 0.3) is 0 Å². The molecule has 0 heterocycles. The fourth-order valence-corrected chi connectivity index (χ4v) is 8.41. The van der Waals surface area contributed by atoms with Crippen molar-refractivity contribution in [2.75, 3.05) is 6.54 Å². The van der Waals surface area contributed by atoms with E-state index >= 15 is 0 Å². The number of rotatable bonds is 46. The van der Waals surface area contributed by atoms with Crippen LogP contribution >= 0.6 is 0 Å². The summed E-state index contributed by atoms with van der Waals surface area (Å²) >= 11 is 0. The van der Waals surface area contributed by atoms with E-state index in [1.165, 1.54) is 212 Å². The second-order valence-electron chi connectivity index (χ2n) is 17.7. The molecule has 0 saturated heterocycles. The molecule has 0 aromatic carbocycles. The molecule has 0 saturated carbocycles. The van der Waals surface area contributed by atoms with Crippen molar-refractivity contribution in [3.8, 4) is 0 Å². The van der Waals surface area contributed by atoms with Crippen LogP contribution in [-0.2, 0) is 9.59 Å². The first-order valence-electron chi connectivity index (χ1n) is 25.6. The molecule has 0 aromatic rings. The van der Waals surface area contributed by atoms with Gasteiger partial charge < -0.3 is 15.9 Å². The summed E-state index contributed by atoms with van der Waals surface area (Å²) in [5, 5.41) is 19.2. The Kier molecular flexibility index (Phi) is 50.9. The SMILES string of the molecule is CCCCCCCCCCCCCCCCCCC(CCCCCCC(=O)O)C(CCCCCCCCCCCCCCCCCC)C(=O)O.CCCCCN. The fourth-order valence-electron chi connectivity index (χ4n) is 8.41. The molecule has 2 unspecified atom stereocenters. The van der Waals surface area contributed by atoms with Gasteiger partial charge in [-0.05, 0) is 44.6 Å². The van der Waals surface area contributed by atoms with Crippen LogP contribution in [0.3, 0.4) is 0 Å². The molecule has 0 aliphatic heterocycles. The predicted molar refractivity (Wildman–Crippen MR) is 247 cm³/mol. The van der Waals surface area contributed by atoms with E-state index in [1.54, 1.807) is 0 Å². The predicted octanol–water partition coefficient (Wildman–Crippen LogP) is 17.2. The van der Waals surface area contributed by atoms with Crippen LogP contribution < -0.4 is 5.73 Å². The van der Waals surface area contributed by atoms with Gasteiger partial charge in [-0.15, -0.1) is 0 Å². The van der Waals surface area contributed by atoms with Crippen LogP contribution in [0.1, 0.15) is 297 Å². The Labute approximate surface area is 351 Å². The number of carboxylic acids is 2. The van der Waals surface area contributed by atoms with Crippen molar-refractivity contribution >= 4 is 11.9 Å². The third-order valence-electron chi connectivity index (χ3n) is 12.2. The van der Waals surface area contributed by atoms with Crippen molar-refractivity contribution in [2.45, 2.75) is 297 Å². The van der Waals surface area contributed by atoms with E-state index in [1.807, 2.05) is 0 Å². The van der Waals surface area contributed by atoms with Crippen molar-refractivity contribution in [1.29, 1.82) is 0 Å². The summed E-state index contributed by atoms with van der Waals surface area (Å²) in [4.78, 5) is 23.3. The quantitative estimate of drug-likeness (QED) is 0.0533. The molecule has 0 aliphatic carbocycles. The van der Waals surface area contributed by atoms with Crippen molar-refractivity contribution < 1.29 is 19.8 Å². The van der Waals surface area contributed by atoms with Crippen molar-refractivity contribution in [2.24, 2.45) is 17.6 Å². The summed E-state index contributed by atoms with van der Waals surface area (Å²) in [7, 11) is 0. The Bertz CT molecular complexity index is 754. The van der Waals surface area contributed by atoms with Gasteiger partial charge >= 0.3 is 11.9 Å². The van der Waals surface area contributed by atoms with Gasteiger partial charge in [0.1, 0.15) is 0 Å². The normalized spacial score (nSPS) is 12.4. The Balaban J connectivity index is 0. The first-order chi connectivity index (χ1) is 27.4. The topological polar surface area (TPSA) is 101 Å². The van der Waals surface area contributed by atoms with Crippen molar-refractivity contribution in [3.05, 3.63) is 0 Å². The first-order valence-corrected chi connectivity index (χ1v) is 25.6. The average Bonchev–Trinajstić information content (AvgIpc) is 3.18. The van der Waals surface area contributed by atoms with Crippen LogP contribution in [0.2, 0.25) is 0 Å². The zero-order chi connectivity index (χ0) is 41.4. The Morgan fingerprint density at radius 2 is 0.607 bits per heavy atom. The molecule has 5 nitrogen and oxygen atoms in total. The lowest BCUT2D eigenvalue weighted by Crippen LogP contribution is -2.24. The lowest BCUT2D eigenvalue weighted by Gasteiger charge is -2.24. The van der Waals surface area contributed by atoms with Gasteiger partial charge in [0.25, 0.3) is 0 Å². The van der Waals surface area contributed by atoms with Gasteiger partial charge in [0.05, 0.1) is 5.92 Å². The lowest BCUT2D eigenvalue weighted by molar-refractivity contribution is -0.144. The number of hydrogen-bond acceptors (Lipinski definition) is 3. The molecule has 4 N–H and O–H groups in total. The second-order valence-corrected chi connectivity index (χ2v) is 17.7. The van der Waals surface area contributed by atoms with E-state index in [-0.39, 0.29) is 18.3 Å². The van der Waals surface area contributed by atoms with Gasteiger partial charge in [0, 0.05) is 6.42 Å². The minimum atomic E-state index is -0.712. The monoisotopic (exact) mass is 794 g/mol. The molecule has 5 heteroatoms. The minimum Gasteiger partial charge on any atom is -0.481 e. The first kappa shape index (κ1) is 57.0. The number of carbonyl (C=O) groups is 2. The van der Waals surface area contributed by atoms with E-state index in [4.69, 9.17) is 10.8 Å². The highest BCUT2D eigenvalue weighted by molar-refractivity contribution is 5.70. The second kappa shape index (κ2) is 50.0. The number of nitrogens with two attached hydrogens (primary N) is 1. The van der Waals surface area contributed by atoms with Gasteiger partial charge in [-0.25, -0.2) is 0 Å². The molecule has 0 radical (unpaired) electrons. The molecule has 0 aromatic heterocycles. The lowest BCUT2D eigenvalue weighted by atomic mass is 9.80. The van der Waals surface area contributed by atoms with E-state index in [2.05, 4.69) is 20.8 Å². The van der Waals surface area contributed by atoms with Crippen molar-refractivity contribution in [1.82, 2.24) is 0 Å². The fraction of sp³-hybridized carbons (Fsp3) is 0.961. The van der Waals surface area contributed by atoms with E-state index in [0.717, 1.165) is 64.3 Å². The summed E-state index contributed by atoms with van der Waals surface area (Å²) in [6.07, 6.45) is 53.9. The Hall–Kier alpha value is -1.10. The van der Waals surface area contributed by atoms with Crippen LogP contribution in [0.4, 0.5) is 0 Å². The molecule has 0 aliphatic rings. The smallest absolute Gasteiger partial charge is 0.306 e. The molecule has 336 valence electrons. The summed E-state index contributed by atoms with van der Waals surface area (Å²) in [6, 6.07) is 0. The van der Waals surface area contributed by atoms with Crippen molar-refractivity contribution in [3.63, 3.8) is 0 Å². The zero-order valence-electron chi connectivity index (χ0n) is 38.6. The number of hydrogen-bond donors (Lipinski definition) is 3. The third-order valence-corrected chi connectivity index (χ3v) is 12.2. The van der Waals surface area contributed by atoms with Crippen LogP contribution in [0, 0.1) is 11.8 Å². The molecule has 0 fully saturated rings. The standard InChI is InChI=1S/C46H90O4.C5H13N/c1-3-5-7-9-11-13-15-17-19-21-23-25-27-29-31-35-39-43(40-36-33-34-38-42-45(47)48)44(46(49)50)41-37-32-30-28-26-24-22-20-18-16-14-12-10-8-6-4-2;1-2-3-4-5-6/h43-44H,3-42H2,1-2H3,(H,47,48)(H,49,50);2-6H2,1H3. The van der Waals surface area contributed by atoms with E-state index in [0.29, 0.717) is 0 Å². The van der Waals surface area contributed by atoms with Crippen LogP contribution in [-0.4, -0.2) is 28.7 Å². The Morgan fingerprint density at radius 3 is 0.857 bits per heavy atom. The highest BCUT2D eigenvalue weighted by Crippen LogP contribution is 2.30. The maximum atomic E-state index is 12.4. The number of carboxylic acid groups (broad SMARTS) is 2. The zero-order valence-corrected chi connectivity index (χ0v) is 38.6. The molecule has 2 atom stereocenters. The molecule has 0 rings (SSSR count).